The summed E-state index contributed by atoms with van der Waals surface area (Å²) in [5.74, 6) is 0. The van der Waals surface area contributed by atoms with E-state index in [9.17, 15) is 0 Å². The van der Waals surface area contributed by atoms with Crippen molar-refractivity contribution in [1.29, 1.82) is 0 Å². The van der Waals surface area contributed by atoms with E-state index in [1.807, 2.05) is 0 Å². The summed E-state index contributed by atoms with van der Waals surface area (Å²) in [7, 11) is 0. The third kappa shape index (κ3) is 3.16. The maximum atomic E-state index is 2.36. The van der Waals surface area contributed by atoms with Crippen LogP contribution < -0.4 is 4.40 Å². The molecule has 0 atom stereocenters. The Morgan fingerprint density at radius 3 is 1.61 bits per heavy atom. The highest BCUT2D eigenvalue weighted by atomic mass is 14.9. The molecule has 8 aromatic rings. The van der Waals surface area contributed by atoms with E-state index >= 15 is 0 Å². The number of benzene rings is 6. The van der Waals surface area contributed by atoms with E-state index in [1.165, 1.54) is 71.0 Å². The molecule has 6 aromatic carbocycles. The highest BCUT2D eigenvalue weighted by Crippen LogP contribution is 2.43. The lowest BCUT2D eigenvalue weighted by atomic mass is 9.87. The van der Waals surface area contributed by atoms with Gasteiger partial charge in [0.25, 0.3) is 0 Å². The average Bonchev–Trinajstić information content (AvgIpc) is 2.99. The molecular formula is C37H24N+. The summed E-state index contributed by atoms with van der Waals surface area (Å²) < 4.78 is 2.36. The molecule has 0 aliphatic rings. The highest BCUT2D eigenvalue weighted by molar-refractivity contribution is 6.20. The zero-order chi connectivity index (χ0) is 25.1. The van der Waals surface area contributed by atoms with Crippen molar-refractivity contribution < 1.29 is 4.40 Å². The molecule has 1 heteroatoms. The summed E-state index contributed by atoms with van der Waals surface area (Å²) >= 11 is 0. The monoisotopic (exact) mass is 482 g/mol. The fraction of sp³-hybridized carbons (Fsp3) is 0. The number of hydrogen-bond donors (Lipinski definition) is 0. The predicted octanol–water partition coefficient (Wildman–Crippen LogP) is 9.37. The topological polar surface area (TPSA) is 4.10 Å². The molecule has 0 spiro atoms. The van der Waals surface area contributed by atoms with Crippen LogP contribution in [0.5, 0.6) is 0 Å². The van der Waals surface area contributed by atoms with E-state index in [2.05, 4.69) is 150 Å². The van der Waals surface area contributed by atoms with Gasteiger partial charge in [-0.2, -0.15) is 4.40 Å². The molecule has 0 aliphatic carbocycles. The second-order valence-corrected chi connectivity index (χ2v) is 10.0. The predicted molar refractivity (Wildman–Crippen MR) is 160 cm³/mol. The Bertz CT molecular complexity index is 2190. The highest BCUT2D eigenvalue weighted by Gasteiger charge is 2.23. The fourth-order valence-electron chi connectivity index (χ4n) is 6.11. The lowest BCUT2D eigenvalue weighted by molar-refractivity contribution is -0.481. The summed E-state index contributed by atoms with van der Waals surface area (Å²) in [6, 6.07) is 50.8. The Morgan fingerprint density at radius 1 is 0.368 bits per heavy atom. The molecule has 0 amide bonds. The van der Waals surface area contributed by atoms with Crippen LogP contribution in [0.1, 0.15) is 0 Å². The van der Waals surface area contributed by atoms with E-state index in [0.717, 1.165) is 0 Å². The minimum Gasteiger partial charge on any atom is -0.159 e. The first-order chi connectivity index (χ1) is 18.8. The van der Waals surface area contributed by atoms with Gasteiger partial charge in [0.15, 0.2) is 6.20 Å². The molecule has 1 nitrogen and oxygen atoms in total. The zero-order valence-corrected chi connectivity index (χ0v) is 20.8. The van der Waals surface area contributed by atoms with Crippen molar-refractivity contribution in [2.24, 2.45) is 0 Å². The van der Waals surface area contributed by atoms with Crippen LogP contribution in [-0.2, 0) is 0 Å². The van der Waals surface area contributed by atoms with Crippen LogP contribution in [0.4, 0.5) is 0 Å². The first-order valence-electron chi connectivity index (χ1n) is 13.1. The van der Waals surface area contributed by atoms with Gasteiger partial charge in [0.1, 0.15) is 0 Å². The van der Waals surface area contributed by atoms with Crippen molar-refractivity contribution in [3.05, 3.63) is 146 Å². The lowest BCUT2D eigenvalue weighted by Crippen LogP contribution is -2.23. The van der Waals surface area contributed by atoms with Crippen LogP contribution in [-0.4, -0.2) is 0 Å². The third-order valence-electron chi connectivity index (χ3n) is 7.86. The minimum atomic E-state index is 1.18. The fourth-order valence-corrected chi connectivity index (χ4v) is 6.11. The molecule has 0 unspecified atom stereocenters. The Hall–Kier alpha value is -5.01. The standard InChI is InChI=1S/C37H24N/c1-3-11-27-23-29(18-16-25(27)9-1)35-32-14-5-6-15-33(32)36(30-19-17-26-10-2-4-12-28(26)24-30)37-34(35)21-20-31-13-7-8-22-38(31)37/h1-24H/q+1. The zero-order valence-electron chi connectivity index (χ0n) is 20.8. The van der Waals surface area contributed by atoms with Gasteiger partial charge in [-0.3, -0.25) is 0 Å². The molecule has 0 N–H and O–H groups in total. The number of hydrogen-bond acceptors (Lipinski definition) is 0. The van der Waals surface area contributed by atoms with Gasteiger partial charge in [-0.05, 0) is 67.7 Å². The van der Waals surface area contributed by atoms with Gasteiger partial charge in [-0.1, -0.05) is 97.1 Å². The molecule has 8 rings (SSSR count). The number of aromatic nitrogens is 1. The minimum absolute atomic E-state index is 1.18. The van der Waals surface area contributed by atoms with Crippen molar-refractivity contribution in [2.45, 2.75) is 0 Å². The number of pyridine rings is 2. The lowest BCUT2D eigenvalue weighted by Gasteiger charge is -2.16. The van der Waals surface area contributed by atoms with Crippen molar-refractivity contribution in [1.82, 2.24) is 0 Å². The maximum absolute atomic E-state index is 2.36. The maximum Gasteiger partial charge on any atom is 0.227 e. The summed E-state index contributed by atoms with van der Waals surface area (Å²) in [6.07, 6.45) is 2.20. The number of nitrogens with zero attached hydrogens (tertiary/aromatic N) is 1. The Labute approximate surface area is 220 Å². The number of fused-ring (bicyclic) bond motifs is 6. The molecule has 2 heterocycles. The average molecular weight is 483 g/mol. The summed E-state index contributed by atoms with van der Waals surface area (Å²) in [4.78, 5) is 0. The van der Waals surface area contributed by atoms with Gasteiger partial charge in [-0.15, -0.1) is 0 Å². The van der Waals surface area contributed by atoms with Crippen molar-refractivity contribution in [2.75, 3.05) is 0 Å². The van der Waals surface area contributed by atoms with Gasteiger partial charge in [0, 0.05) is 23.8 Å². The van der Waals surface area contributed by atoms with Gasteiger partial charge in [0.05, 0.1) is 10.9 Å². The molecule has 0 saturated carbocycles. The van der Waals surface area contributed by atoms with Crippen LogP contribution >= 0.6 is 0 Å². The van der Waals surface area contributed by atoms with E-state index in [0.29, 0.717) is 0 Å². The van der Waals surface area contributed by atoms with E-state index in [1.54, 1.807) is 0 Å². The molecule has 0 radical (unpaired) electrons. The van der Waals surface area contributed by atoms with Crippen molar-refractivity contribution in [3.8, 4) is 22.3 Å². The van der Waals surface area contributed by atoms with Crippen LogP contribution in [0, 0.1) is 0 Å². The van der Waals surface area contributed by atoms with Crippen LogP contribution in [0.15, 0.2) is 146 Å². The Morgan fingerprint density at radius 2 is 0.921 bits per heavy atom. The van der Waals surface area contributed by atoms with E-state index < -0.39 is 0 Å². The first kappa shape index (κ1) is 21.1. The first-order valence-corrected chi connectivity index (χ1v) is 13.1. The van der Waals surface area contributed by atoms with Crippen LogP contribution in [0.2, 0.25) is 0 Å². The van der Waals surface area contributed by atoms with Gasteiger partial charge in [-0.25, -0.2) is 0 Å². The van der Waals surface area contributed by atoms with Gasteiger partial charge in [0.2, 0.25) is 11.0 Å². The molecule has 176 valence electrons. The van der Waals surface area contributed by atoms with Crippen molar-refractivity contribution in [3.63, 3.8) is 0 Å². The number of rotatable bonds is 2. The second-order valence-electron chi connectivity index (χ2n) is 10.0. The normalized spacial score (nSPS) is 11.7. The van der Waals surface area contributed by atoms with Crippen LogP contribution in [0.25, 0.3) is 71.0 Å². The molecular weight excluding hydrogens is 458 g/mol. The molecule has 0 bridgehead atoms. The van der Waals surface area contributed by atoms with Crippen molar-refractivity contribution >= 4 is 48.7 Å². The summed E-state index contributed by atoms with van der Waals surface area (Å²) in [5, 5.41) is 8.83. The van der Waals surface area contributed by atoms with Gasteiger partial charge < -0.3 is 0 Å². The van der Waals surface area contributed by atoms with Gasteiger partial charge >= 0.3 is 0 Å². The molecule has 0 aliphatic heterocycles. The van der Waals surface area contributed by atoms with E-state index in [4.69, 9.17) is 0 Å². The summed E-state index contributed by atoms with van der Waals surface area (Å²) in [5.41, 5.74) is 7.45. The Kier molecular flexibility index (Phi) is 4.59. The quantitative estimate of drug-likeness (QED) is 0.131. The molecule has 38 heavy (non-hydrogen) atoms. The third-order valence-corrected chi connectivity index (χ3v) is 7.86. The second kappa shape index (κ2) is 8.26. The summed E-state index contributed by atoms with van der Waals surface area (Å²) in [6.45, 7) is 0. The smallest absolute Gasteiger partial charge is 0.159 e. The van der Waals surface area contributed by atoms with Crippen LogP contribution in [0.3, 0.4) is 0 Å². The Balaban J connectivity index is 1.58. The SMILES string of the molecule is c1ccc2cc(-c3c4ccccc4c(-c4ccc5ccccc5c4)c4c3ccc3cccc[n+]34)ccc2c1. The molecule has 2 aromatic heterocycles. The van der Waals surface area contributed by atoms with E-state index in [-0.39, 0.29) is 0 Å². The molecule has 0 saturated heterocycles. The molecule has 0 fully saturated rings. The largest absolute Gasteiger partial charge is 0.227 e.